The molecule has 3 aromatic carbocycles. The summed E-state index contributed by atoms with van der Waals surface area (Å²) < 4.78 is 13.8. The van der Waals surface area contributed by atoms with Crippen LogP contribution in [0.2, 0.25) is 0 Å². The lowest BCUT2D eigenvalue weighted by atomic mass is 9.96. The molecule has 4 aromatic rings. The Morgan fingerprint density at radius 3 is 2.41 bits per heavy atom. The van der Waals surface area contributed by atoms with Gasteiger partial charge in [-0.1, -0.05) is 60.2 Å². The van der Waals surface area contributed by atoms with E-state index in [4.69, 9.17) is 0 Å². The molecule has 0 aliphatic rings. The molecule has 1 aromatic heterocycles. The van der Waals surface area contributed by atoms with Crippen molar-refractivity contribution in [3.8, 4) is 11.1 Å². The van der Waals surface area contributed by atoms with E-state index >= 15 is 0 Å². The van der Waals surface area contributed by atoms with Gasteiger partial charge in [-0.15, -0.1) is 0 Å². The minimum Gasteiger partial charge on any atom is -0.308 e. The minimum absolute atomic E-state index is 0.175. The van der Waals surface area contributed by atoms with Crippen molar-refractivity contribution < 1.29 is 4.39 Å². The van der Waals surface area contributed by atoms with Crippen LogP contribution >= 0.6 is 0 Å². The lowest BCUT2D eigenvalue weighted by Crippen LogP contribution is -2.14. The second-order valence-electron chi connectivity index (χ2n) is 6.75. The number of nitrogens with zero attached hydrogens (tertiary/aromatic N) is 1. The molecule has 27 heavy (non-hydrogen) atoms. The smallest absolute Gasteiger partial charge is 0.127 e. The van der Waals surface area contributed by atoms with E-state index in [2.05, 4.69) is 59.7 Å². The van der Waals surface area contributed by atoms with Crippen molar-refractivity contribution in [3.05, 3.63) is 102 Å². The van der Waals surface area contributed by atoms with E-state index in [0.29, 0.717) is 18.7 Å². The number of hydrogen-bond donors (Lipinski definition) is 1. The Hall–Kier alpha value is -3.04. The molecule has 1 heterocycles. The maximum absolute atomic E-state index is 13.8. The largest absolute Gasteiger partial charge is 0.308 e. The summed E-state index contributed by atoms with van der Waals surface area (Å²) in [7, 11) is 0. The number of pyridine rings is 1. The first kappa shape index (κ1) is 17.4. The second-order valence-corrected chi connectivity index (χ2v) is 6.75. The highest BCUT2D eigenvalue weighted by atomic mass is 19.1. The van der Waals surface area contributed by atoms with Gasteiger partial charge in [0, 0.05) is 36.4 Å². The van der Waals surface area contributed by atoms with Crippen LogP contribution in [0.3, 0.4) is 0 Å². The first-order chi connectivity index (χ1) is 13.2. The third-order valence-electron chi connectivity index (χ3n) is 4.86. The molecule has 0 saturated carbocycles. The third kappa shape index (κ3) is 3.74. The van der Waals surface area contributed by atoms with Gasteiger partial charge in [0.15, 0.2) is 0 Å². The average molecular weight is 356 g/mol. The van der Waals surface area contributed by atoms with Crippen LogP contribution in [0, 0.1) is 12.7 Å². The lowest BCUT2D eigenvalue weighted by Gasteiger charge is -2.12. The highest BCUT2D eigenvalue weighted by Crippen LogP contribution is 2.30. The van der Waals surface area contributed by atoms with Crippen LogP contribution in [0.15, 0.2) is 79.1 Å². The quantitative estimate of drug-likeness (QED) is 0.500. The van der Waals surface area contributed by atoms with Crippen LogP contribution in [0.25, 0.3) is 21.9 Å². The number of fused-ring (bicyclic) bond motifs is 1. The Morgan fingerprint density at radius 2 is 1.59 bits per heavy atom. The maximum atomic E-state index is 13.8. The van der Waals surface area contributed by atoms with Gasteiger partial charge >= 0.3 is 0 Å². The number of rotatable bonds is 5. The molecule has 0 amide bonds. The zero-order chi connectivity index (χ0) is 18.6. The van der Waals surface area contributed by atoms with Gasteiger partial charge in [0.05, 0.1) is 0 Å². The van der Waals surface area contributed by atoms with Crippen molar-refractivity contribution in [3.63, 3.8) is 0 Å². The predicted octanol–water partition coefficient (Wildman–Crippen LogP) is 5.64. The first-order valence-corrected chi connectivity index (χ1v) is 9.09. The van der Waals surface area contributed by atoms with Crippen molar-refractivity contribution >= 4 is 10.8 Å². The standard InChI is InChI=1S/C24H21FN2/c1-17-6-8-18(9-7-17)21-11-10-19(23-16-26-13-12-22(21)23)14-27-15-20-4-2-3-5-24(20)25/h2-13,16,27H,14-15H2,1H3. The van der Waals surface area contributed by atoms with Crippen molar-refractivity contribution in [2.75, 3.05) is 0 Å². The Balaban J connectivity index is 1.62. The van der Waals surface area contributed by atoms with Gasteiger partial charge in [0.2, 0.25) is 0 Å². The van der Waals surface area contributed by atoms with Gasteiger partial charge in [-0.2, -0.15) is 0 Å². The molecule has 0 saturated heterocycles. The minimum atomic E-state index is -0.175. The monoisotopic (exact) mass is 356 g/mol. The lowest BCUT2D eigenvalue weighted by molar-refractivity contribution is 0.588. The summed E-state index contributed by atoms with van der Waals surface area (Å²) in [6.45, 7) is 3.25. The number of aromatic nitrogens is 1. The van der Waals surface area contributed by atoms with Crippen molar-refractivity contribution in [2.45, 2.75) is 20.0 Å². The molecule has 1 N–H and O–H groups in total. The fourth-order valence-electron chi connectivity index (χ4n) is 3.36. The summed E-state index contributed by atoms with van der Waals surface area (Å²) in [5.41, 5.74) is 5.48. The predicted molar refractivity (Wildman–Crippen MR) is 109 cm³/mol. The molecular weight excluding hydrogens is 335 g/mol. The van der Waals surface area contributed by atoms with Crippen LogP contribution in [-0.2, 0) is 13.1 Å². The van der Waals surface area contributed by atoms with E-state index in [0.717, 1.165) is 10.9 Å². The highest BCUT2D eigenvalue weighted by Gasteiger charge is 2.08. The number of hydrogen-bond acceptors (Lipinski definition) is 2. The summed E-state index contributed by atoms with van der Waals surface area (Å²) in [5.74, 6) is -0.175. The van der Waals surface area contributed by atoms with E-state index in [1.54, 1.807) is 6.07 Å². The summed E-state index contributed by atoms with van der Waals surface area (Å²) in [6.07, 6.45) is 3.74. The zero-order valence-corrected chi connectivity index (χ0v) is 15.2. The maximum Gasteiger partial charge on any atom is 0.127 e. The van der Waals surface area contributed by atoms with Gasteiger partial charge in [0.25, 0.3) is 0 Å². The highest BCUT2D eigenvalue weighted by molar-refractivity contribution is 5.98. The molecule has 4 rings (SSSR count). The average Bonchev–Trinajstić information content (AvgIpc) is 2.70. The topological polar surface area (TPSA) is 24.9 Å². The van der Waals surface area contributed by atoms with Gasteiger partial charge in [-0.05, 0) is 41.1 Å². The third-order valence-corrected chi connectivity index (χ3v) is 4.86. The summed E-state index contributed by atoms with van der Waals surface area (Å²) in [5, 5.41) is 5.65. The number of benzene rings is 3. The molecule has 0 radical (unpaired) electrons. The SMILES string of the molecule is Cc1ccc(-c2ccc(CNCc3ccccc3F)c3cnccc23)cc1. The van der Waals surface area contributed by atoms with Crippen LogP contribution in [0.5, 0.6) is 0 Å². The van der Waals surface area contributed by atoms with Crippen LogP contribution in [0.1, 0.15) is 16.7 Å². The van der Waals surface area contributed by atoms with E-state index < -0.39 is 0 Å². The first-order valence-electron chi connectivity index (χ1n) is 9.09. The van der Waals surface area contributed by atoms with Crippen LogP contribution in [0.4, 0.5) is 4.39 Å². The fraction of sp³-hybridized carbons (Fsp3) is 0.125. The van der Waals surface area contributed by atoms with Crippen LogP contribution < -0.4 is 5.32 Å². The van der Waals surface area contributed by atoms with Crippen molar-refractivity contribution in [1.82, 2.24) is 10.3 Å². The summed E-state index contributed by atoms with van der Waals surface area (Å²) in [6, 6.07) is 21.8. The fourth-order valence-corrected chi connectivity index (χ4v) is 3.36. The Morgan fingerprint density at radius 1 is 0.815 bits per heavy atom. The Bertz CT molecular complexity index is 1070. The molecule has 134 valence electrons. The summed E-state index contributed by atoms with van der Waals surface area (Å²) in [4.78, 5) is 4.32. The zero-order valence-electron chi connectivity index (χ0n) is 15.2. The molecule has 0 spiro atoms. The van der Waals surface area contributed by atoms with E-state index in [1.165, 1.54) is 28.1 Å². The molecule has 0 aliphatic carbocycles. The molecule has 3 heteroatoms. The second kappa shape index (κ2) is 7.68. The Kier molecular flexibility index (Phi) is 4.95. The normalized spacial score (nSPS) is 11.0. The molecule has 0 bridgehead atoms. The van der Waals surface area contributed by atoms with Gasteiger partial charge < -0.3 is 5.32 Å². The van der Waals surface area contributed by atoms with Crippen LogP contribution in [-0.4, -0.2) is 4.98 Å². The van der Waals surface area contributed by atoms with E-state index in [9.17, 15) is 4.39 Å². The summed E-state index contributed by atoms with van der Waals surface area (Å²) >= 11 is 0. The van der Waals surface area contributed by atoms with E-state index in [1.807, 2.05) is 24.5 Å². The number of nitrogens with one attached hydrogen (secondary N) is 1. The number of halogens is 1. The Labute approximate surface area is 158 Å². The number of aryl methyl sites for hydroxylation is 1. The molecule has 0 fully saturated rings. The van der Waals surface area contributed by atoms with Gasteiger partial charge in [-0.3, -0.25) is 4.98 Å². The van der Waals surface area contributed by atoms with Crippen molar-refractivity contribution in [1.29, 1.82) is 0 Å². The molecule has 0 atom stereocenters. The van der Waals surface area contributed by atoms with Crippen molar-refractivity contribution in [2.24, 2.45) is 0 Å². The van der Waals surface area contributed by atoms with Gasteiger partial charge in [-0.25, -0.2) is 4.39 Å². The molecular formula is C24H21FN2. The van der Waals surface area contributed by atoms with E-state index in [-0.39, 0.29) is 5.82 Å². The molecule has 0 aliphatic heterocycles. The molecule has 0 unspecified atom stereocenters. The molecule has 2 nitrogen and oxygen atoms in total. The van der Waals surface area contributed by atoms with Gasteiger partial charge in [0.1, 0.15) is 5.82 Å².